The molecule has 0 aliphatic heterocycles. The van der Waals surface area contributed by atoms with Crippen LogP contribution in [0.2, 0.25) is 0 Å². The zero-order valence-corrected chi connectivity index (χ0v) is 14.4. The van der Waals surface area contributed by atoms with Crippen molar-refractivity contribution in [1.82, 2.24) is 0 Å². The predicted octanol–water partition coefficient (Wildman–Crippen LogP) is 6.32. The van der Waals surface area contributed by atoms with Gasteiger partial charge in [0.05, 0.1) is 5.41 Å². The maximum absolute atomic E-state index is 4.32. The fraction of sp³-hybridized carbons (Fsp3) is 0.0400. The second-order valence-corrected chi connectivity index (χ2v) is 6.07. The zero-order chi connectivity index (χ0) is 17.9. The van der Waals surface area contributed by atoms with Gasteiger partial charge in [0.25, 0.3) is 0 Å². The minimum Gasteiger partial charge on any atom is -0.0991 e. The molecule has 0 saturated heterocycles. The van der Waals surface area contributed by atoms with E-state index in [4.69, 9.17) is 0 Å². The van der Waals surface area contributed by atoms with Crippen LogP contribution in [0.5, 0.6) is 0 Å². The van der Waals surface area contributed by atoms with E-state index in [1.54, 1.807) is 0 Å². The van der Waals surface area contributed by atoms with Gasteiger partial charge in [-0.15, -0.1) is 0 Å². The largest absolute Gasteiger partial charge is 0.0991 e. The molecule has 1 aliphatic rings. The summed E-state index contributed by atoms with van der Waals surface area (Å²) in [7, 11) is 0. The summed E-state index contributed by atoms with van der Waals surface area (Å²) in [6.07, 6.45) is 7.76. The van der Waals surface area contributed by atoms with Crippen molar-refractivity contribution in [3.8, 4) is 0 Å². The van der Waals surface area contributed by atoms with Gasteiger partial charge in [-0.25, -0.2) is 0 Å². The van der Waals surface area contributed by atoms with Gasteiger partial charge < -0.3 is 0 Å². The molecule has 0 bridgehead atoms. The summed E-state index contributed by atoms with van der Waals surface area (Å²) in [6.45, 7) is 16.5. The Morgan fingerprint density at radius 3 is 1.28 bits per heavy atom. The molecular formula is C25H22. The van der Waals surface area contributed by atoms with Crippen LogP contribution in [-0.2, 0) is 5.41 Å². The van der Waals surface area contributed by atoms with Crippen molar-refractivity contribution >= 4 is 0 Å². The molecule has 0 unspecified atom stereocenters. The first-order valence-corrected chi connectivity index (χ1v) is 8.34. The van der Waals surface area contributed by atoms with Gasteiger partial charge in [-0.3, -0.25) is 0 Å². The van der Waals surface area contributed by atoms with Gasteiger partial charge in [-0.2, -0.15) is 0 Å². The highest BCUT2D eigenvalue weighted by atomic mass is 14.5. The normalized spacial score (nSPS) is 19.4. The Morgan fingerprint density at radius 2 is 0.960 bits per heavy atom. The molecule has 0 heteroatoms. The van der Waals surface area contributed by atoms with E-state index >= 15 is 0 Å². The van der Waals surface area contributed by atoms with Crippen molar-refractivity contribution in [2.75, 3.05) is 0 Å². The van der Waals surface area contributed by atoms with E-state index < -0.39 is 5.41 Å². The SMILES string of the molecule is C=C/C=C1\C(=C)C(=C)/C(=C\C=C)C1(c1ccccc1)c1ccccc1. The van der Waals surface area contributed by atoms with Crippen molar-refractivity contribution in [3.05, 3.63) is 145 Å². The number of hydrogen-bond acceptors (Lipinski definition) is 0. The van der Waals surface area contributed by atoms with Gasteiger partial charge in [0.1, 0.15) is 0 Å². The Hall–Kier alpha value is -3.12. The Bertz CT molecular complexity index is 812. The van der Waals surface area contributed by atoms with Crippen molar-refractivity contribution in [2.45, 2.75) is 5.41 Å². The number of allylic oxidation sites excluding steroid dienone is 8. The third-order valence-corrected chi connectivity index (χ3v) is 4.81. The molecule has 3 rings (SSSR count). The first-order valence-electron chi connectivity index (χ1n) is 8.34. The van der Waals surface area contributed by atoms with Crippen LogP contribution in [0.15, 0.2) is 134 Å². The van der Waals surface area contributed by atoms with Crippen LogP contribution in [0.1, 0.15) is 11.1 Å². The molecule has 0 radical (unpaired) electrons. The molecule has 2 aromatic rings. The van der Waals surface area contributed by atoms with Crippen molar-refractivity contribution in [1.29, 1.82) is 0 Å². The van der Waals surface area contributed by atoms with E-state index in [9.17, 15) is 0 Å². The molecule has 2 aromatic carbocycles. The molecule has 0 N–H and O–H groups in total. The van der Waals surface area contributed by atoms with E-state index in [0.717, 1.165) is 22.3 Å². The molecule has 1 saturated carbocycles. The highest BCUT2D eigenvalue weighted by Gasteiger charge is 2.48. The summed E-state index contributed by atoms with van der Waals surface area (Å²) in [5, 5.41) is 0. The standard InChI is InChI=1S/C25H22/c1-5-13-23-19(3)20(4)24(14-6-2)25(23,21-15-9-7-10-16-21)22-17-11-8-12-18-22/h5-18H,1-4H2/b23-13+,24-14+. The quantitative estimate of drug-likeness (QED) is 0.617. The van der Waals surface area contributed by atoms with E-state index in [1.807, 2.05) is 24.3 Å². The molecule has 0 amide bonds. The van der Waals surface area contributed by atoms with E-state index in [1.165, 1.54) is 11.1 Å². The zero-order valence-electron chi connectivity index (χ0n) is 14.4. The summed E-state index contributed by atoms with van der Waals surface area (Å²) in [5.74, 6) is 0. The Morgan fingerprint density at radius 1 is 0.600 bits per heavy atom. The molecule has 25 heavy (non-hydrogen) atoms. The lowest BCUT2D eigenvalue weighted by Gasteiger charge is -2.34. The Kier molecular flexibility index (Phi) is 4.54. The number of hydrogen-bond donors (Lipinski definition) is 0. The Balaban J connectivity index is 2.50. The van der Waals surface area contributed by atoms with Crippen LogP contribution < -0.4 is 0 Å². The van der Waals surface area contributed by atoms with Crippen LogP contribution >= 0.6 is 0 Å². The Labute approximate surface area is 150 Å². The number of rotatable bonds is 4. The maximum atomic E-state index is 4.32. The first-order chi connectivity index (χ1) is 12.2. The third kappa shape index (κ3) is 2.47. The fourth-order valence-corrected chi connectivity index (χ4v) is 3.77. The lowest BCUT2D eigenvalue weighted by molar-refractivity contribution is 0.764. The highest BCUT2D eigenvalue weighted by molar-refractivity contribution is 5.79. The van der Waals surface area contributed by atoms with E-state index in [2.05, 4.69) is 87.0 Å². The molecule has 0 aromatic heterocycles. The van der Waals surface area contributed by atoms with Gasteiger partial charge in [0, 0.05) is 0 Å². The van der Waals surface area contributed by atoms with Gasteiger partial charge in [-0.05, 0) is 33.4 Å². The highest BCUT2D eigenvalue weighted by Crippen LogP contribution is 2.57. The second-order valence-electron chi connectivity index (χ2n) is 6.07. The summed E-state index contributed by atoms with van der Waals surface area (Å²) < 4.78 is 0. The molecule has 1 aliphatic carbocycles. The minimum absolute atomic E-state index is 0.459. The monoisotopic (exact) mass is 322 g/mol. The minimum atomic E-state index is -0.459. The average molecular weight is 322 g/mol. The van der Waals surface area contributed by atoms with Gasteiger partial charge in [-0.1, -0.05) is 111 Å². The molecule has 0 spiro atoms. The molecule has 0 nitrogen and oxygen atoms in total. The fourth-order valence-electron chi connectivity index (χ4n) is 3.77. The van der Waals surface area contributed by atoms with Gasteiger partial charge in [0.15, 0.2) is 0 Å². The maximum Gasteiger partial charge on any atom is 0.0713 e. The van der Waals surface area contributed by atoms with E-state index in [0.29, 0.717) is 0 Å². The van der Waals surface area contributed by atoms with Crippen LogP contribution in [-0.4, -0.2) is 0 Å². The second kappa shape index (κ2) is 6.78. The topological polar surface area (TPSA) is 0 Å². The van der Waals surface area contributed by atoms with Crippen molar-refractivity contribution < 1.29 is 0 Å². The first kappa shape index (κ1) is 16.7. The van der Waals surface area contributed by atoms with Gasteiger partial charge >= 0.3 is 0 Å². The van der Waals surface area contributed by atoms with Crippen LogP contribution in [0, 0.1) is 0 Å². The lowest BCUT2D eigenvalue weighted by atomic mass is 9.67. The molecule has 0 heterocycles. The average Bonchev–Trinajstić information content (AvgIpc) is 2.87. The van der Waals surface area contributed by atoms with Crippen LogP contribution in [0.4, 0.5) is 0 Å². The third-order valence-electron chi connectivity index (χ3n) is 4.81. The lowest BCUT2D eigenvalue weighted by Crippen LogP contribution is -2.28. The molecular weight excluding hydrogens is 300 g/mol. The summed E-state index contributed by atoms with van der Waals surface area (Å²) in [6, 6.07) is 21.0. The molecule has 122 valence electrons. The number of benzene rings is 2. The molecule has 1 fully saturated rings. The summed E-state index contributed by atoms with van der Waals surface area (Å²) in [4.78, 5) is 0. The van der Waals surface area contributed by atoms with E-state index in [-0.39, 0.29) is 0 Å². The van der Waals surface area contributed by atoms with Crippen molar-refractivity contribution in [2.24, 2.45) is 0 Å². The van der Waals surface area contributed by atoms with Crippen molar-refractivity contribution in [3.63, 3.8) is 0 Å². The summed E-state index contributed by atoms with van der Waals surface area (Å²) >= 11 is 0. The van der Waals surface area contributed by atoms with Crippen LogP contribution in [0.3, 0.4) is 0 Å². The predicted molar refractivity (Wildman–Crippen MR) is 109 cm³/mol. The van der Waals surface area contributed by atoms with Crippen LogP contribution in [0.25, 0.3) is 0 Å². The van der Waals surface area contributed by atoms with Gasteiger partial charge in [0.2, 0.25) is 0 Å². The summed E-state index contributed by atoms with van der Waals surface area (Å²) in [5.41, 5.74) is 6.01. The smallest absolute Gasteiger partial charge is 0.0713 e. The molecule has 0 atom stereocenters.